The van der Waals surface area contributed by atoms with E-state index in [0.29, 0.717) is 0 Å². The lowest BCUT2D eigenvalue weighted by Crippen LogP contribution is -2.25. The maximum atomic E-state index is 9.46. The molecule has 17 heavy (non-hydrogen) atoms. The average Bonchev–Trinajstić information content (AvgIpc) is 2.29. The molecule has 0 amide bonds. The Balaban J connectivity index is 2.43. The molecular weight excluding hydrogens is 214 g/mol. The predicted octanol–water partition coefficient (Wildman–Crippen LogP) is 2.69. The smallest absolute Gasteiger partial charge is 0.146 e. The van der Waals surface area contributed by atoms with Crippen molar-refractivity contribution in [3.05, 3.63) is 36.0 Å². The van der Waals surface area contributed by atoms with Crippen LogP contribution in [-0.2, 0) is 0 Å². The molecule has 1 unspecified atom stereocenters. The van der Waals surface area contributed by atoms with Gasteiger partial charge in [0.05, 0.1) is 6.10 Å². The topological polar surface area (TPSA) is 42.4 Å². The maximum Gasteiger partial charge on any atom is 0.146 e. The van der Waals surface area contributed by atoms with Crippen molar-refractivity contribution in [3.63, 3.8) is 0 Å². The molecule has 0 saturated carbocycles. The molecule has 0 saturated heterocycles. The van der Waals surface area contributed by atoms with E-state index in [4.69, 9.17) is 4.74 Å². The third-order valence-corrected chi connectivity index (χ3v) is 2.81. The summed E-state index contributed by atoms with van der Waals surface area (Å²) in [5.74, 6) is 0.722. The zero-order valence-corrected chi connectivity index (χ0v) is 10.3. The fraction of sp³-hybridized carbons (Fsp3) is 0.357. The van der Waals surface area contributed by atoms with E-state index in [9.17, 15) is 5.11 Å². The van der Waals surface area contributed by atoms with Crippen LogP contribution < -0.4 is 4.74 Å². The molecule has 2 atom stereocenters. The monoisotopic (exact) mass is 231 g/mol. The summed E-state index contributed by atoms with van der Waals surface area (Å²) in [4.78, 5) is 4.48. The second-order valence-electron chi connectivity index (χ2n) is 4.34. The first kappa shape index (κ1) is 11.9. The van der Waals surface area contributed by atoms with Gasteiger partial charge in [0.2, 0.25) is 0 Å². The van der Waals surface area contributed by atoms with Crippen LogP contribution in [0.3, 0.4) is 0 Å². The highest BCUT2D eigenvalue weighted by Gasteiger charge is 2.12. The Hall–Kier alpha value is -1.61. The van der Waals surface area contributed by atoms with Crippen LogP contribution in [0.4, 0.5) is 0 Å². The molecule has 0 aliphatic rings. The van der Waals surface area contributed by atoms with Gasteiger partial charge in [-0.15, -0.1) is 0 Å². The summed E-state index contributed by atoms with van der Waals surface area (Å²) in [6.07, 6.45) is -0.752. The van der Waals surface area contributed by atoms with Gasteiger partial charge in [-0.3, -0.25) is 0 Å². The van der Waals surface area contributed by atoms with Gasteiger partial charge in [0.25, 0.3) is 0 Å². The largest absolute Gasteiger partial charge is 0.486 e. The lowest BCUT2D eigenvalue weighted by Gasteiger charge is -2.18. The highest BCUT2D eigenvalue weighted by molar-refractivity contribution is 5.84. The van der Waals surface area contributed by atoms with Crippen molar-refractivity contribution in [2.75, 3.05) is 0 Å². The van der Waals surface area contributed by atoms with Crippen molar-refractivity contribution in [1.29, 1.82) is 0 Å². The van der Waals surface area contributed by atoms with E-state index < -0.39 is 6.10 Å². The lowest BCUT2D eigenvalue weighted by atomic mass is 10.2. The minimum Gasteiger partial charge on any atom is -0.486 e. The first-order chi connectivity index (χ1) is 8.08. The van der Waals surface area contributed by atoms with Crippen LogP contribution in [-0.4, -0.2) is 22.3 Å². The molecule has 3 heteroatoms. The molecule has 1 aromatic heterocycles. The second-order valence-corrected chi connectivity index (χ2v) is 4.34. The van der Waals surface area contributed by atoms with Crippen molar-refractivity contribution >= 4 is 10.9 Å². The number of rotatable bonds is 3. The van der Waals surface area contributed by atoms with E-state index in [1.165, 1.54) is 0 Å². The van der Waals surface area contributed by atoms with Gasteiger partial charge >= 0.3 is 0 Å². The Morgan fingerprint density at radius 2 is 1.94 bits per heavy atom. The standard InChI is InChI=1S/C14H17NO2/c1-9-7-8-12-5-4-6-13(14(12)15-9)17-11(3)10(2)16/h4-8,10-11,16H,1-3H3/t10-,11?/m1/s1. The molecule has 0 aliphatic carbocycles. The fourth-order valence-electron chi connectivity index (χ4n) is 1.61. The minimum atomic E-state index is -0.505. The van der Waals surface area contributed by atoms with E-state index in [1.807, 2.05) is 44.2 Å². The number of benzene rings is 1. The Labute approximate surface area is 101 Å². The van der Waals surface area contributed by atoms with Gasteiger partial charge < -0.3 is 9.84 Å². The first-order valence-electron chi connectivity index (χ1n) is 5.79. The Morgan fingerprint density at radius 1 is 1.18 bits per heavy atom. The van der Waals surface area contributed by atoms with Gasteiger partial charge in [-0.25, -0.2) is 4.98 Å². The van der Waals surface area contributed by atoms with Crippen LogP contribution >= 0.6 is 0 Å². The Kier molecular flexibility index (Phi) is 3.29. The van der Waals surface area contributed by atoms with E-state index in [1.54, 1.807) is 6.92 Å². The number of aliphatic hydroxyl groups excluding tert-OH is 1. The predicted molar refractivity (Wildman–Crippen MR) is 68.3 cm³/mol. The number of aromatic nitrogens is 1. The number of hydrogen-bond donors (Lipinski definition) is 1. The van der Waals surface area contributed by atoms with Crippen LogP contribution in [0.5, 0.6) is 5.75 Å². The molecule has 0 fully saturated rings. The Morgan fingerprint density at radius 3 is 2.65 bits per heavy atom. The maximum absolute atomic E-state index is 9.46. The third kappa shape index (κ3) is 2.56. The zero-order chi connectivity index (χ0) is 12.4. The van der Waals surface area contributed by atoms with E-state index in [-0.39, 0.29) is 6.10 Å². The number of aryl methyl sites for hydroxylation is 1. The minimum absolute atomic E-state index is 0.247. The molecule has 2 aromatic rings. The van der Waals surface area contributed by atoms with Crippen LogP contribution in [0.2, 0.25) is 0 Å². The van der Waals surface area contributed by atoms with Crippen LogP contribution in [0.15, 0.2) is 30.3 Å². The third-order valence-electron chi connectivity index (χ3n) is 2.81. The van der Waals surface area contributed by atoms with E-state index >= 15 is 0 Å². The SMILES string of the molecule is Cc1ccc2cccc(OC(C)[C@@H](C)O)c2n1. The normalized spacial score (nSPS) is 14.6. The first-order valence-corrected chi connectivity index (χ1v) is 5.79. The number of para-hydroxylation sites is 1. The second kappa shape index (κ2) is 4.72. The summed E-state index contributed by atoms with van der Waals surface area (Å²) < 4.78 is 5.73. The van der Waals surface area contributed by atoms with Crippen molar-refractivity contribution in [3.8, 4) is 5.75 Å². The molecule has 1 aromatic carbocycles. The number of hydrogen-bond acceptors (Lipinski definition) is 3. The number of aliphatic hydroxyl groups is 1. The number of nitrogens with zero attached hydrogens (tertiary/aromatic N) is 1. The summed E-state index contributed by atoms with van der Waals surface area (Å²) in [6.45, 7) is 5.52. The summed E-state index contributed by atoms with van der Waals surface area (Å²) in [7, 11) is 0. The Bertz CT molecular complexity index is 523. The molecule has 0 aliphatic heterocycles. The van der Waals surface area contributed by atoms with Gasteiger partial charge in [-0.05, 0) is 32.9 Å². The number of fused-ring (bicyclic) bond motifs is 1. The van der Waals surface area contributed by atoms with Crippen molar-refractivity contribution in [1.82, 2.24) is 4.98 Å². The number of ether oxygens (including phenoxy) is 1. The molecule has 1 N–H and O–H groups in total. The average molecular weight is 231 g/mol. The molecule has 0 radical (unpaired) electrons. The molecule has 3 nitrogen and oxygen atoms in total. The molecule has 90 valence electrons. The van der Waals surface area contributed by atoms with E-state index in [0.717, 1.165) is 22.3 Å². The molecule has 1 heterocycles. The molecule has 0 bridgehead atoms. The fourth-order valence-corrected chi connectivity index (χ4v) is 1.61. The summed E-state index contributed by atoms with van der Waals surface area (Å²) >= 11 is 0. The number of pyridine rings is 1. The molecule has 0 spiro atoms. The lowest BCUT2D eigenvalue weighted by molar-refractivity contribution is 0.0613. The van der Waals surface area contributed by atoms with Crippen molar-refractivity contribution < 1.29 is 9.84 Å². The summed E-state index contributed by atoms with van der Waals surface area (Å²) in [5, 5.41) is 10.5. The highest BCUT2D eigenvalue weighted by atomic mass is 16.5. The highest BCUT2D eigenvalue weighted by Crippen LogP contribution is 2.25. The zero-order valence-electron chi connectivity index (χ0n) is 10.3. The van der Waals surface area contributed by atoms with Gasteiger partial charge in [-0.2, -0.15) is 0 Å². The summed E-state index contributed by atoms with van der Waals surface area (Å²) in [6, 6.07) is 9.82. The van der Waals surface area contributed by atoms with Crippen molar-refractivity contribution in [2.24, 2.45) is 0 Å². The summed E-state index contributed by atoms with van der Waals surface area (Å²) in [5.41, 5.74) is 1.80. The van der Waals surface area contributed by atoms with Crippen LogP contribution in [0.1, 0.15) is 19.5 Å². The van der Waals surface area contributed by atoms with Gasteiger partial charge in [0.1, 0.15) is 17.4 Å². The van der Waals surface area contributed by atoms with Crippen molar-refractivity contribution in [2.45, 2.75) is 33.0 Å². The van der Waals surface area contributed by atoms with Crippen LogP contribution in [0.25, 0.3) is 10.9 Å². The van der Waals surface area contributed by atoms with Crippen LogP contribution in [0, 0.1) is 6.92 Å². The molecular formula is C14H17NO2. The molecule has 2 rings (SSSR count). The quantitative estimate of drug-likeness (QED) is 0.883. The van der Waals surface area contributed by atoms with Gasteiger partial charge in [0, 0.05) is 11.1 Å². The van der Waals surface area contributed by atoms with Gasteiger partial charge in [-0.1, -0.05) is 18.2 Å². The van der Waals surface area contributed by atoms with E-state index in [2.05, 4.69) is 4.98 Å². The van der Waals surface area contributed by atoms with Gasteiger partial charge in [0.15, 0.2) is 0 Å².